The van der Waals surface area contributed by atoms with Gasteiger partial charge in [0.15, 0.2) is 5.25 Å². The number of methoxy groups -OCH3 is 1. The molecule has 21 heavy (non-hydrogen) atoms. The van der Waals surface area contributed by atoms with E-state index >= 15 is 0 Å². The molecule has 0 saturated heterocycles. The van der Waals surface area contributed by atoms with Crippen molar-refractivity contribution in [3.63, 3.8) is 0 Å². The fraction of sp³-hybridized carbons (Fsp3) is 0.308. The third kappa shape index (κ3) is 4.44. The summed E-state index contributed by atoms with van der Waals surface area (Å²) < 4.78 is 43.9. The van der Waals surface area contributed by atoms with Crippen LogP contribution in [0.1, 0.15) is 12.5 Å². The Labute approximate surface area is 122 Å². The van der Waals surface area contributed by atoms with E-state index in [9.17, 15) is 17.6 Å². The molecule has 1 atom stereocenters. The number of hydrogen-bond acceptors (Lipinski definition) is 5. The van der Waals surface area contributed by atoms with E-state index < -0.39 is 27.1 Å². The zero-order valence-corrected chi connectivity index (χ0v) is 12.3. The van der Waals surface area contributed by atoms with E-state index in [0.29, 0.717) is 0 Å². The third-order valence-corrected chi connectivity index (χ3v) is 4.19. The van der Waals surface area contributed by atoms with Gasteiger partial charge in [-0.1, -0.05) is 11.8 Å². The lowest BCUT2D eigenvalue weighted by atomic mass is 10.2. The second-order valence-electron chi connectivity index (χ2n) is 4.01. The van der Waals surface area contributed by atoms with Crippen LogP contribution < -0.4 is 10.5 Å². The number of hydrogen-bond donors (Lipinski definition) is 2. The molecule has 3 N–H and O–H groups in total. The van der Waals surface area contributed by atoms with Gasteiger partial charge in [0.05, 0.1) is 19.2 Å². The number of rotatable bonds is 4. The lowest BCUT2D eigenvalue weighted by Gasteiger charge is -2.13. The molecule has 8 heteroatoms. The van der Waals surface area contributed by atoms with Crippen molar-refractivity contribution < 1.29 is 22.3 Å². The fourth-order valence-electron chi connectivity index (χ4n) is 1.38. The molecule has 1 unspecified atom stereocenters. The maximum absolute atomic E-state index is 13.5. The number of carbonyl (C=O) groups is 1. The molecule has 0 spiro atoms. The van der Waals surface area contributed by atoms with Gasteiger partial charge in [-0.15, -0.1) is 0 Å². The van der Waals surface area contributed by atoms with Crippen LogP contribution in [0.15, 0.2) is 18.2 Å². The van der Waals surface area contributed by atoms with Crippen LogP contribution in [0.2, 0.25) is 0 Å². The summed E-state index contributed by atoms with van der Waals surface area (Å²) in [4.78, 5) is 11.3. The standard InChI is InChI=1S/C13H15FN2O4S/c1-9(13(17)20-2)21(18,19)16-11-5-6-12(14)10(8-11)4-3-7-15/h5-6,8-9,16H,7,15H2,1-2H3. The Balaban J connectivity index is 3.06. The monoisotopic (exact) mass is 314 g/mol. The first-order valence-electron chi connectivity index (χ1n) is 5.89. The molecule has 0 amide bonds. The Hall–Kier alpha value is -2.11. The highest BCUT2D eigenvalue weighted by Crippen LogP contribution is 2.17. The van der Waals surface area contributed by atoms with Gasteiger partial charge in [0, 0.05) is 5.69 Å². The summed E-state index contributed by atoms with van der Waals surface area (Å²) in [5.41, 5.74) is 5.29. The van der Waals surface area contributed by atoms with Crippen LogP contribution in [0.3, 0.4) is 0 Å². The van der Waals surface area contributed by atoms with Gasteiger partial charge in [0.2, 0.25) is 10.0 Å². The average molecular weight is 314 g/mol. The quantitative estimate of drug-likeness (QED) is 0.620. The normalized spacial score (nSPS) is 12.0. The van der Waals surface area contributed by atoms with E-state index in [1.165, 1.54) is 19.1 Å². The van der Waals surface area contributed by atoms with E-state index in [1.54, 1.807) is 0 Å². The van der Waals surface area contributed by atoms with Crippen LogP contribution in [-0.4, -0.2) is 33.3 Å². The summed E-state index contributed by atoms with van der Waals surface area (Å²) >= 11 is 0. The molecule has 0 fully saturated rings. The Morgan fingerprint density at radius 2 is 2.19 bits per heavy atom. The number of esters is 1. The van der Waals surface area contributed by atoms with Gasteiger partial charge in [-0.3, -0.25) is 9.52 Å². The number of sulfonamides is 1. The molecule has 0 aromatic heterocycles. The van der Waals surface area contributed by atoms with E-state index in [4.69, 9.17) is 5.73 Å². The predicted molar refractivity (Wildman–Crippen MR) is 76.4 cm³/mol. The first-order chi connectivity index (χ1) is 9.81. The van der Waals surface area contributed by atoms with Crippen LogP contribution >= 0.6 is 0 Å². The number of nitrogens with two attached hydrogens (primary N) is 1. The molecule has 0 heterocycles. The van der Waals surface area contributed by atoms with Crippen molar-refractivity contribution in [2.75, 3.05) is 18.4 Å². The molecule has 0 bridgehead atoms. The molecule has 0 aliphatic heterocycles. The third-order valence-electron chi connectivity index (χ3n) is 2.55. The summed E-state index contributed by atoms with van der Waals surface area (Å²) in [5, 5.41) is -1.40. The number of carbonyl (C=O) groups excluding carboxylic acids is 1. The topological polar surface area (TPSA) is 98.5 Å². The summed E-state index contributed by atoms with van der Waals surface area (Å²) in [6.45, 7) is 1.24. The Morgan fingerprint density at radius 3 is 2.76 bits per heavy atom. The van der Waals surface area contributed by atoms with Gasteiger partial charge in [0.25, 0.3) is 0 Å². The van der Waals surface area contributed by atoms with Crippen molar-refractivity contribution in [1.82, 2.24) is 0 Å². The van der Waals surface area contributed by atoms with E-state index in [2.05, 4.69) is 21.3 Å². The van der Waals surface area contributed by atoms with Crippen LogP contribution in [0.5, 0.6) is 0 Å². The summed E-state index contributed by atoms with van der Waals surface area (Å²) in [6, 6.07) is 3.52. The van der Waals surface area contributed by atoms with Crippen LogP contribution in [-0.2, 0) is 19.6 Å². The van der Waals surface area contributed by atoms with Gasteiger partial charge in [-0.25, -0.2) is 12.8 Å². The van der Waals surface area contributed by atoms with Crippen LogP contribution in [0, 0.1) is 17.7 Å². The van der Waals surface area contributed by atoms with Gasteiger partial charge in [-0.05, 0) is 25.1 Å². The lowest BCUT2D eigenvalue weighted by molar-refractivity contribution is -0.139. The van der Waals surface area contributed by atoms with E-state index in [0.717, 1.165) is 13.2 Å². The molecule has 1 aromatic carbocycles. The Bertz CT molecular complexity index is 692. The Morgan fingerprint density at radius 1 is 1.52 bits per heavy atom. The van der Waals surface area contributed by atoms with Crippen molar-refractivity contribution >= 4 is 21.7 Å². The highest BCUT2D eigenvalue weighted by atomic mass is 32.2. The summed E-state index contributed by atoms with van der Waals surface area (Å²) in [5.74, 6) is 3.46. The predicted octanol–water partition coefficient (Wildman–Crippen LogP) is 0.439. The zero-order valence-electron chi connectivity index (χ0n) is 11.5. The number of benzene rings is 1. The molecule has 6 nitrogen and oxygen atoms in total. The number of halogens is 1. The van der Waals surface area contributed by atoms with Crippen LogP contribution in [0.25, 0.3) is 0 Å². The first kappa shape index (κ1) is 16.9. The van der Waals surface area contributed by atoms with Crippen molar-refractivity contribution in [1.29, 1.82) is 0 Å². The minimum atomic E-state index is -3.99. The minimum absolute atomic E-state index is 0.00590. The van der Waals surface area contributed by atoms with Crippen molar-refractivity contribution in [2.24, 2.45) is 5.73 Å². The molecule has 0 aliphatic rings. The fourth-order valence-corrected chi connectivity index (χ4v) is 2.36. The largest absolute Gasteiger partial charge is 0.468 e. The maximum atomic E-state index is 13.5. The van der Waals surface area contributed by atoms with Crippen molar-refractivity contribution in [3.05, 3.63) is 29.6 Å². The van der Waals surface area contributed by atoms with Crippen LogP contribution in [0.4, 0.5) is 10.1 Å². The van der Waals surface area contributed by atoms with Crippen molar-refractivity contribution in [3.8, 4) is 11.8 Å². The smallest absolute Gasteiger partial charge is 0.325 e. The Kier molecular flexibility index (Phi) is 5.69. The molecule has 0 radical (unpaired) electrons. The highest BCUT2D eigenvalue weighted by molar-refractivity contribution is 7.94. The first-order valence-corrected chi connectivity index (χ1v) is 7.44. The molecule has 0 saturated carbocycles. The van der Waals surface area contributed by atoms with Gasteiger partial charge in [-0.2, -0.15) is 0 Å². The molecule has 1 rings (SSSR count). The molecule has 0 aliphatic carbocycles. The molecular formula is C13H15FN2O4S. The second kappa shape index (κ2) is 7.06. The maximum Gasteiger partial charge on any atom is 0.325 e. The summed E-state index contributed by atoms with van der Waals surface area (Å²) in [6.07, 6.45) is 0. The number of anilines is 1. The van der Waals surface area contributed by atoms with E-state index in [1.807, 2.05) is 0 Å². The molecular weight excluding hydrogens is 299 g/mol. The number of ether oxygens (including phenoxy) is 1. The van der Waals surface area contributed by atoms with Crippen molar-refractivity contribution in [2.45, 2.75) is 12.2 Å². The second-order valence-corrected chi connectivity index (χ2v) is 6.01. The zero-order chi connectivity index (χ0) is 16.0. The van der Waals surface area contributed by atoms with E-state index in [-0.39, 0.29) is 17.8 Å². The lowest BCUT2D eigenvalue weighted by Crippen LogP contribution is -2.33. The molecule has 1 aromatic rings. The summed E-state index contributed by atoms with van der Waals surface area (Å²) in [7, 11) is -2.90. The molecule has 114 valence electrons. The average Bonchev–Trinajstić information content (AvgIpc) is 2.45. The SMILES string of the molecule is COC(=O)C(C)S(=O)(=O)Nc1ccc(F)c(C#CCN)c1. The highest BCUT2D eigenvalue weighted by Gasteiger charge is 2.28. The van der Waals surface area contributed by atoms with Gasteiger partial charge < -0.3 is 10.5 Å². The van der Waals surface area contributed by atoms with Gasteiger partial charge in [0.1, 0.15) is 5.82 Å². The van der Waals surface area contributed by atoms with Gasteiger partial charge >= 0.3 is 5.97 Å². The minimum Gasteiger partial charge on any atom is -0.468 e. The number of nitrogens with one attached hydrogen (secondary N) is 1.